The van der Waals surface area contributed by atoms with Gasteiger partial charge >= 0.3 is 0 Å². The third-order valence-electron chi connectivity index (χ3n) is 3.39. The second-order valence-electron chi connectivity index (χ2n) is 4.55. The summed E-state index contributed by atoms with van der Waals surface area (Å²) in [6.45, 7) is 4.31. The van der Waals surface area contributed by atoms with Crippen molar-refractivity contribution in [3.8, 4) is 0 Å². The van der Waals surface area contributed by atoms with E-state index >= 15 is 0 Å². The Hall–Kier alpha value is -1.10. The van der Waals surface area contributed by atoms with Gasteiger partial charge < -0.3 is 15.7 Å². The van der Waals surface area contributed by atoms with Gasteiger partial charge in [-0.05, 0) is 12.3 Å². The molecule has 98 valence electrons. The molecule has 2 amide bonds. The van der Waals surface area contributed by atoms with Crippen LogP contribution < -0.4 is 10.6 Å². The van der Waals surface area contributed by atoms with Gasteiger partial charge in [-0.3, -0.25) is 9.59 Å². The molecule has 5 heteroatoms. The lowest BCUT2D eigenvalue weighted by Gasteiger charge is -2.21. The zero-order valence-electron chi connectivity index (χ0n) is 10.5. The fourth-order valence-electron chi connectivity index (χ4n) is 2.14. The molecule has 5 nitrogen and oxygen atoms in total. The van der Waals surface area contributed by atoms with E-state index in [4.69, 9.17) is 0 Å². The van der Waals surface area contributed by atoms with Crippen molar-refractivity contribution in [2.75, 3.05) is 6.54 Å². The maximum atomic E-state index is 11.7. The first-order valence-electron chi connectivity index (χ1n) is 6.33. The van der Waals surface area contributed by atoms with Crippen LogP contribution >= 0.6 is 0 Å². The van der Waals surface area contributed by atoms with E-state index in [1.807, 2.05) is 13.8 Å². The Morgan fingerprint density at radius 3 is 2.65 bits per heavy atom. The Balaban J connectivity index is 2.30. The van der Waals surface area contributed by atoms with Crippen molar-refractivity contribution in [1.29, 1.82) is 0 Å². The molecule has 1 saturated heterocycles. The van der Waals surface area contributed by atoms with Gasteiger partial charge in [0.1, 0.15) is 6.04 Å². The molecule has 0 spiro atoms. The summed E-state index contributed by atoms with van der Waals surface area (Å²) in [6.07, 6.45) is 2.24. The van der Waals surface area contributed by atoms with E-state index in [9.17, 15) is 14.7 Å². The van der Waals surface area contributed by atoms with Crippen molar-refractivity contribution in [1.82, 2.24) is 10.6 Å². The molecule has 0 aromatic carbocycles. The van der Waals surface area contributed by atoms with E-state index in [0.29, 0.717) is 12.8 Å². The van der Waals surface area contributed by atoms with E-state index in [0.717, 1.165) is 12.8 Å². The molecule has 2 unspecified atom stereocenters. The number of aliphatic hydroxyl groups excluding tert-OH is 1. The Kier molecular flexibility index (Phi) is 5.41. The van der Waals surface area contributed by atoms with E-state index in [1.54, 1.807) is 0 Å². The summed E-state index contributed by atoms with van der Waals surface area (Å²) in [5.41, 5.74) is 0. The first-order chi connectivity index (χ1) is 8.08. The van der Waals surface area contributed by atoms with Crippen LogP contribution in [0, 0.1) is 5.92 Å². The molecule has 0 bridgehead atoms. The number of carbonyl (C=O) groups is 2. The summed E-state index contributed by atoms with van der Waals surface area (Å²) in [4.78, 5) is 22.6. The number of nitrogens with one attached hydrogen (secondary N) is 2. The molecule has 0 saturated carbocycles. The van der Waals surface area contributed by atoms with Crippen molar-refractivity contribution in [3.63, 3.8) is 0 Å². The standard InChI is InChI=1S/C12H22N2O3/c1-3-8(4-2)10(15)7-13-12(17)9-5-6-11(16)14-9/h8-10,15H,3-7H2,1-2H3,(H,13,17)(H,14,16). The first kappa shape index (κ1) is 14.0. The topological polar surface area (TPSA) is 78.4 Å². The maximum Gasteiger partial charge on any atom is 0.242 e. The van der Waals surface area contributed by atoms with Crippen LogP contribution in [-0.4, -0.2) is 35.6 Å². The maximum absolute atomic E-state index is 11.7. The lowest BCUT2D eigenvalue weighted by Crippen LogP contribution is -2.45. The van der Waals surface area contributed by atoms with Crippen LogP contribution in [-0.2, 0) is 9.59 Å². The van der Waals surface area contributed by atoms with Crippen molar-refractivity contribution >= 4 is 11.8 Å². The number of aliphatic hydroxyl groups is 1. The molecular weight excluding hydrogens is 220 g/mol. The second kappa shape index (κ2) is 6.59. The minimum Gasteiger partial charge on any atom is -0.391 e. The van der Waals surface area contributed by atoms with Crippen molar-refractivity contribution in [2.45, 2.75) is 51.7 Å². The molecule has 2 atom stereocenters. The van der Waals surface area contributed by atoms with Crippen LogP contribution in [0.15, 0.2) is 0 Å². The third kappa shape index (κ3) is 4.00. The normalized spacial score (nSPS) is 21.4. The molecule has 1 aliphatic rings. The highest BCUT2D eigenvalue weighted by Gasteiger charge is 2.27. The van der Waals surface area contributed by atoms with Crippen LogP contribution in [0.5, 0.6) is 0 Å². The Bertz CT molecular complexity index is 277. The minimum absolute atomic E-state index is 0.0781. The third-order valence-corrected chi connectivity index (χ3v) is 3.39. The van der Waals surface area contributed by atoms with Gasteiger partial charge in [-0.15, -0.1) is 0 Å². The smallest absolute Gasteiger partial charge is 0.242 e. The van der Waals surface area contributed by atoms with Crippen LogP contribution in [0.25, 0.3) is 0 Å². The van der Waals surface area contributed by atoms with Gasteiger partial charge in [-0.2, -0.15) is 0 Å². The van der Waals surface area contributed by atoms with Crippen LogP contribution in [0.1, 0.15) is 39.5 Å². The zero-order valence-corrected chi connectivity index (χ0v) is 10.5. The Morgan fingerprint density at radius 2 is 2.18 bits per heavy atom. The average molecular weight is 242 g/mol. The van der Waals surface area contributed by atoms with Gasteiger partial charge in [0.15, 0.2) is 0 Å². The molecule has 1 heterocycles. The van der Waals surface area contributed by atoms with Gasteiger partial charge in [-0.25, -0.2) is 0 Å². The van der Waals surface area contributed by atoms with Gasteiger partial charge in [0, 0.05) is 13.0 Å². The van der Waals surface area contributed by atoms with Crippen molar-refractivity contribution in [2.24, 2.45) is 5.92 Å². The molecule has 17 heavy (non-hydrogen) atoms. The fourth-order valence-corrected chi connectivity index (χ4v) is 2.14. The molecule has 0 aromatic heterocycles. The molecular formula is C12H22N2O3. The van der Waals surface area contributed by atoms with Crippen LogP contribution in [0.4, 0.5) is 0 Å². The Morgan fingerprint density at radius 1 is 1.53 bits per heavy atom. The van der Waals surface area contributed by atoms with E-state index in [2.05, 4.69) is 10.6 Å². The zero-order chi connectivity index (χ0) is 12.8. The quantitative estimate of drug-likeness (QED) is 0.621. The summed E-state index contributed by atoms with van der Waals surface area (Å²) in [5.74, 6) is -0.0555. The van der Waals surface area contributed by atoms with E-state index in [-0.39, 0.29) is 24.3 Å². The molecule has 1 rings (SSSR count). The largest absolute Gasteiger partial charge is 0.391 e. The van der Waals surface area contributed by atoms with Gasteiger partial charge in [0.05, 0.1) is 6.10 Å². The molecule has 1 fully saturated rings. The monoisotopic (exact) mass is 242 g/mol. The molecule has 3 N–H and O–H groups in total. The number of rotatable bonds is 6. The molecule has 0 radical (unpaired) electrons. The number of amides is 2. The average Bonchev–Trinajstić information content (AvgIpc) is 2.74. The lowest BCUT2D eigenvalue weighted by atomic mass is 9.96. The highest BCUT2D eigenvalue weighted by Crippen LogP contribution is 2.12. The lowest BCUT2D eigenvalue weighted by molar-refractivity contribution is -0.126. The summed E-state index contributed by atoms with van der Waals surface area (Å²) in [5, 5.41) is 15.1. The SMILES string of the molecule is CCC(CC)C(O)CNC(=O)C1CCC(=O)N1. The molecule has 0 aliphatic carbocycles. The first-order valence-corrected chi connectivity index (χ1v) is 6.33. The molecule has 0 aromatic rings. The van der Waals surface area contributed by atoms with Crippen molar-refractivity contribution in [3.05, 3.63) is 0 Å². The highest BCUT2D eigenvalue weighted by atomic mass is 16.3. The fraction of sp³-hybridized carbons (Fsp3) is 0.833. The van der Waals surface area contributed by atoms with E-state index < -0.39 is 12.1 Å². The summed E-state index contributed by atoms with van der Waals surface area (Å²) >= 11 is 0. The number of carbonyl (C=O) groups excluding carboxylic acids is 2. The van der Waals surface area contributed by atoms with Crippen molar-refractivity contribution < 1.29 is 14.7 Å². The molecule has 1 aliphatic heterocycles. The Labute approximate surface area is 102 Å². The predicted octanol–water partition coefficient (Wildman–Crippen LogP) is 0.178. The van der Waals surface area contributed by atoms with Crippen LogP contribution in [0.3, 0.4) is 0 Å². The van der Waals surface area contributed by atoms with Gasteiger partial charge in [0.25, 0.3) is 0 Å². The van der Waals surface area contributed by atoms with Crippen LogP contribution in [0.2, 0.25) is 0 Å². The second-order valence-corrected chi connectivity index (χ2v) is 4.55. The summed E-state index contributed by atoms with van der Waals surface area (Å²) in [7, 11) is 0. The predicted molar refractivity (Wildman–Crippen MR) is 64.3 cm³/mol. The van der Waals surface area contributed by atoms with Gasteiger partial charge in [-0.1, -0.05) is 26.7 Å². The van der Waals surface area contributed by atoms with E-state index in [1.165, 1.54) is 0 Å². The highest BCUT2D eigenvalue weighted by molar-refractivity contribution is 5.90. The van der Waals surface area contributed by atoms with Gasteiger partial charge in [0.2, 0.25) is 11.8 Å². The number of hydrogen-bond acceptors (Lipinski definition) is 3. The minimum atomic E-state index is -0.508. The number of hydrogen-bond donors (Lipinski definition) is 3. The summed E-state index contributed by atoms with van der Waals surface area (Å²) in [6, 6.07) is -0.420. The summed E-state index contributed by atoms with van der Waals surface area (Å²) < 4.78 is 0.